The minimum Gasteiger partial charge on any atom is -0.357 e. The average Bonchev–Trinajstić information content (AvgIpc) is 3.15. The van der Waals surface area contributed by atoms with E-state index in [9.17, 15) is 0 Å². The van der Waals surface area contributed by atoms with Crippen LogP contribution < -0.4 is 5.32 Å². The molecule has 0 atom stereocenters. The maximum absolute atomic E-state index is 4.92. The van der Waals surface area contributed by atoms with Gasteiger partial charge in [0.25, 0.3) is 0 Å². The van der Waals surface area contributed by atoms with E-state index in [4.69, 9.17) is 4.99 Å². The molecular formula is C20H17N5. The molecule has 0 radical (unpaired) electrons. The van der Waals surface area contributed by atoms with Crippen LogP contribution in [0.5, 0.6) is 0 Å². The molecule has 5 nitrogen and oxygen atoms in total. The van der Waals surface area contributed by atoms with E-state index in [-0.39, 0.29) is 0 Å². The predicted octanol–water partition coefficient (Wildman–Crippen LogP) is 3.67. The van der Waals surface area contributed by atoms with Gasteiger partial charge >= 0.3 is 0 Å². The Morgan fingerprint density at radius 2 is 1.56 bits per heavy atom. The highest BCUT2D eigenvalue weighted by Gasteiger charge is 2.22. The van der Waals surface area contributed by atoms with Crippen molar-refractivity contribution in [2.24, 2.45) is 4.99 Å². The summed E-state index contributed by atoms with van der Waals surface area (Å²) in [6.45, 7) is 0. The lowest BCUT2D eigenvalue weighted by molar-refractivity contribution is 1.14. The van der Waals surface area contributed by atoms with Crippen molar-refractivity contribution in [1.82, 2.24) is 15.0 Å². The summed E-state index contributed by atoms with van der Waals surface area (Å²) in [5.74, 6) is 0.597. The highest BCUT2D eigenvalue weighted by molar-refractivity contribution is 6.16. The lowest BCUT2D eigenvalue weighted by atomic mass is 9.97. The fourth-order valence-electron chi connectivity index (χ4n) is 2.90. The van der Waals surface area contributed by atoms with Crippen molar-refractivity contribution < 1.29 is 0 Å². The minimum atomic E-state index is 0.597. The molecule has 1 N–H and O–H groups in total. The molecule has 122 valence electrons. The van der Waals surface area contributed by atoms with Gasteiger partial charge < -0.3 is 5.32 Å². The Labute approximate surface area is 146 Å². The summed E-state index contributed by atoms with van der Waals surface area (Å²) in [4.78, 5) is 17.7. The number of aliphatic imine (C=N–C) groups is 1. The molecule has 0 bridgehead atoms. The van der Waals surface area contributed by atoms with Gasteiger partial charge in [-0.15, -0.1) is 0 Å². The monoisotopic (exact) mass is 327 g/mol. The number of aromatic nitrogens is 3. The predicted molar refractivity (Wildman–Crippen MR) is 100 cm³/mol. The standard InChI is InChI=1S/C20H17N5/c1-21-20-23-12-16(13-24-20)19-17(14-7-9-22-10-8-14)11-18(25-19)15-5-3-2-4-6-15/h2-10,12-13H,11H2,1H3,(H,21,23,24). The number of pyridine rings is 1. The van der Waals surface area contributed by atoms with Crippen LogP contribution in [-0.2, 0) is 0 Å². The fourth-order valence-corrected chi connectivity index (χ4v) is 2.90. The largest absolute Gasteiger partial charge is 0.357 e. The first-order chi connectivity index (χ1) is 12.3. The fraction of sp³-hybridized carbons (Fsp3) is 0.100. The first-order valence-corrected chi connectivity index (χ1v) is 8.12. The van der Waals surface area contributed by atoms with Gasteiger partial charge in [0.2, 0.25) is 5.95 Å². The summed E-state index contributed by atoms with van der Waals surface area (Å²) in [5, 5.41) is 2.94. The highest BCUT2D eigenvalue weighted by Crippen LogP contribution is 2.36. The summed E-state index contributed by atoms with van der Waals surface area (Å²) >= 11 is 0. The zero-order valence-electron chi connectivity index (χ0n) is 13.8. The zero-order valence-corrected chi connectivity index (χ0v) is 13.8. The molecule has 25 heavy (non-hydrogen) atoms. The van der Waals surface area contributed by atoms with Crippen LogP contribution in [0.3, 0.4) is 0 Å². The van der Waals surface area contributed by atoms with Gasteiger partial charge in [0.05, 0.1) is 11.4 Å². The Bertz CT molecular complexity index is 929. The van der Waals surface area contributed by atoms with Crippen molar-refractivity contribution in [2.45, 2.75) is 6.42 Å². The number of hydrogen-bond donors (Lipinski definition) is 1. The van der Waals surface area contributed by atoms with E-state index < -0.39 is 0 Å². The second-order valence-corrected chi connectivity index (χ2v) is 5.71. The molecule has 0 unspecified atom stereocenters. The lowest BCUT2D eigenvalue weighted by Gasteiger charge is -2.06. The van der Waals surface area contributed by atoms with Crippen LogP contribution in [0.2, 0.25) is 0 Å². The minimum absolute atomic E-state index is 0.597. The molecule has 1 aliphatic rings. The number of rotatable bonds is 4. The Hall–Kier alpha value is -3.34. The van der Waals surface area contributed by atoms with Crippen molar-refractivity contribution in [1.29, 1.82) is 0 Å². The number of hydrogen-bond acceptors (Lipinski definition) is 5. The molecule has 2 aromatic heterocycles. The van der Waals surface area contributed by atoms with Crippen molar-refractivity contribution in [3.63, 3.8) is 0 Å². The van der Waals surface area contributed by atoms with Gasteiger partial charge in [-0.25, -0.2) is 9.97 Å². The summed E-state index contributed by atoms with van der Waals surface area (Å²) in [6, 6.07) is 14.3. The van der Waals surface area contributed by atoms with Gasteiger partial charge in [0.15, 0.2) is 0 Å². The normalized spacial score (nSPS) is 13.7. The number of benzene rings is 1. The number of nitrogens with one attached hydrogen (secondary N) is 1. The van der Waals surface area contributed by atoms with Gasteiger partial charge in [0.1, 0.15) is 0 Å². The van der Waals surface area contributed by atoms with Crippen molar-refractivity contribution in [2.75, 3.05) is 12.4 Å². The van der Waals surface area contributed by atoms with Crippen LogP contribution in [-0.4, -0.2) is 27.7 Å². The lowest BCUT2D eigenvalue weighted by Crippen LogP contribution is -1.97. The third-order valence-corrected chi connectivity index (χ3v) is 4.16. The molecule has 0 spiro atoms. The molecule has 3 heterocycles. The van der Waals surface area contributed by atoms with Crippen LogP contribution in [0, 0.1) is 0 Å². The Morgan fingerprint density at radius 3 is 2.24 bits per heavy atom. The number of nitrogens with zero attached hydrogens (tertiary/aromatic N) is 4. The van der Waals surface area contributed by atoms with E-state index in [2.05, 4.69) is 32.4 Å². The van der Waals surface area contributed by atoms with Crippen molar-refractivity contribution in [3.05, 3.63) is 83.9 Å². The summed E-state index contributed by atoms with van der Waals surface area (Å²) in [5.41, 5.74) is 6.32. The second kappa shape index (κ2) is 6.65. The summed E-state index contributed by atoms with van der Waals surface area (Å²) in [7, 11) is 1.80. The Kier molecular flexibility index (Phi) is 4.04. The smallest absolute Gasteiger partial charge is 0.222 e. The van der Waals surface area contributed by atoms with Gasteiger partial charge in [0, 0.05) is 43.8 Å². The van der Waals surface area contributed by atoms with Gasteiger partial charge in [-0.1, -0.05) is 30.3 Å². The Balaban J connectivity index is 1.80. The SMILES string of the molecule is CNc1ncc(C2=C(c3ccncc3)CC(c3ccccc3)=N2)cn1. The molecule has 1 aromatic carbocycles. The average molecular weight is 327 g/mol. The highest BCUT2D eigenvalue weighted by atomic mass is 15.1. The third kappa shape index (κ3) is 3.04. The molecule has 0 saturated carbocycles. The van der Waals surface area contributed by atoms with Gasteiger partial charge in [-0.3, -0.25) is 9.98 Å². The van der Waals surface area contributed by atoms with E-state index in [1.807, 2.05) is 42.7 Å². The van der Waals surface area contributed by atoms with Crippen LogP contribution in [0.25, 0.3) is 11.3 Å². The van der Waals surface area contributed by atoms with Crippen LogP contribution in [0.4, 0.5) is 5.95 Å². The van der Waals surface area contributed by atoms with E-state index in [0.29, 0.717) is 5.95 Å². The molecule has 0 fully saturated rings. The third-order valence-electron chi connectivity index (χ3n) is 4.16. The molecule has 4 rings (SSSR count). The van der Waals surface area contributed by atoms with E-state index >= 15 is 0 Å². The molecule has 5 heteroatoms. The van der Waals surface area contributed by atoms with Crippen LogP contribution >= 0.6 is 0 Å². The van der Waals surface area contributed by atoms with Crippen LogP contribution in [0.1, 0.15) is 23.1 Å². The van der Waals surface area contributed by atoms with Crippen molar-refractivity contribution >= 4 is 22.9 Å². The second-order valence-electron chi connectivity index (χ2n) is 5.71. The maximum Gasteiger partial charge on any atom is 0.222 e. The van der Waals surface area contributed by atoms with Gasteiger partial charge in [-0.05, 0) is 28.8 Å². The Morgan fingerprint density at radius 1 is 0.840 bits per heavy atom. The van der Waals surface area contributed by atoms with Crippen LogP contribution in [0.15, 0.2) is 72.2 Å². The summed E-state index contributed by atoms with van der Waals surface area (Å²) in [6.07, 6.45) is 8.01. The van der Waals surface area contributed by atoms with E-state index in [1.165, 1.54) is 5.57 Å². The number of anilines is 1. The topological polar surface area (TPSA) is 63.1 Å². The first-order valence-electron chi connectivity index (χ1n) is 8.12. The van der Waals surface area contributed by atoms with Crippen molar-refractivity contribution in [3.8, 4) is 0 Å². The first kappa shape index (κ1) is 15.2. The van der Waals surface area contributed by atoms with E-state index in [0.717, 1.165) is 34.5 Å². The molecule has 0 amide bonds. The molecular weight excluding hydrogens is 310 g/mol. The molecule has 0 aliphatic carbocycles. The molecule has 3 aromatic rings. The zero-order chi connectivity index (χ0) is 17.1. The number of allylic oxidation sites excluding steroid dienone is 1. The summed E-state index contributed by atoms with van der Waals surface area (Å²) < 4.78 is 0. The molecule has 1 aliphatic heterocycles. The molecule has 0 saturated heterocycles. The maximum atomic E-state index is 4.92. The van der Waals surface area contributed by atoms with Gasteiger partial charge in [-0.2, -0.15) is 0 Å². The van der Waals surface area contributed by atoms with E-state index in [1.54, 1.807) is 19.4 Å². The quantitative estimate of drug-likeness (QED) is 0.794.